The van der Waals surface area contributed by atoms with Crippen LogP contribution in [0.4, 0.5) is 0 Å². The number of rotatable bonds is 6. The van der Waals surface area contributed by atoms with E-state index in [0.717, 1.165) is 12.8 Å². The molecule has 1 rings (SSSR count). The maximum atomic E-state index is 11.5. The smallest absolute Gasteiger partial charge is 0.293 e. The summed E-state index contributed by atoms with van der Waals surface area (Å²) in [5, 5.41) is 0. The van der Waals surface area contributed by atoms with Gasteiger partial charge in [-0.05, 0) is 30.0 Å². The van der Waals surface area contributed by atoms with Crippen molar-refractivity contribution in [2.24, 2.45) is 0 Å². The lowest BCUT2D eigenvalue weighted by atomic mass is 10.0. The van der Waals surface area contributed by atoms with Gasteiger partial charge in [0.15, 0.2) is 0 Å². The minimum atomic E-state index is -0.434. The van der Waals surface area contributed by atoms with Gasteiger partial charge in [0.2, 0.25) is 0 Å². The molecule has 0 N–H and O–H groups in total. The third kappa shape index (κ3) is 4.57. The fourth-order valence-electron chi connectivity index (χ4n) is 1.35. The van der Waals surface area contributed by atoms with Crippen LogP contribution in [0.15, 0.2) is 24.3 Å². The molecule has 0 saturated heterocycles. The number of carbonyl (C=O) groups excluding carboxylic acids is 1. The van der Waals surface area contributed by atoms with Crippen LogP contribution in [0.5, 0.6) is 0 Å². The Bertz CT molecular complexity index is 341. The van der Waals surface area contributed by atoms with E-state index in [2.05, 4.69) is 20.8 Å². The number of unbranched alkanes of at least 4 members (excludes halogenated alkanes) is 1. The first-order valence-electron chi connectivity index (χ1n) is 6.09. The van der Waals surface area contributed by atoms with Gasteiger partial charge in [-0.3, -0.25) is 4.89 Å². The van der Waals surface area contributed by atoms with Gasteiger partial charge in [0.25, 0.3) is 0 Å². The van der Waals surface area contributed by atoms with Crippen LogP contribution in [-0.2, 0) is 9.78 Å². The van der Waals surface area contributed by atoms with E-state index in [1.807, 2.05) is 12.1 Å². The molecule has 0 bridgehead atoms. The summed E-state index contributed by atoms with van der Waals surface area (Å²) in [6.45, 7) is 6.73. The van der Waals surface area contributed by atoms with Crippen molar-refractivity contribution in [3.63, 3.8) is 0 Å². The van der Waals surface area contributed by atoms with Crippen LogP contribution in [0.2, 0.25) is 0 Å². The molecular formula is C14H20O3. The van der Waals surface area contributed by atoms with Crippen molar-refractivity contribution in [1.29, 1.82) is 0 Å². The average molecular weight is 236 g/mol. The summed E-state index contributed by atoms with van der Waals surface area (Å²) in [5.41, 5.74) is 1.72. The largest absolute Gasteiger partial charge is 0.373 e. The number of hydrogen-bond acceptors (Lipinski definition) is 3. The highest BCUT2D eigenvalue weighted by molar-refractivity contribution is 5.88. The predicted molar refractivity (Wildman–Crippen MR) is 66.8 cm³/mol. The van der Waals surface area contributed by atoms with Crippen LogP contribution >= 0.6 is 0 Å². The molecule has 0 atom stereocenters. The lowest BCUT2D eigenvalue weighted by molar-refractivity contribution is -0.241. The molecule has 0 aromatic heterocycles. The van der Waals surface area contributed by atoms with E-state index in [1.165, 1.54) is 5.56 Å². The lowest BCUT2D eigenvalue weighted by Crippen LogP contribution is -2.07. The molecule has 0 heterocycles. The molecule has 1 aromatic rings. The quantitative estimate of drug-likeness (QED) is 0.429. The summed E-state index contributed by atoms with van der Waals surface area (Å²) in [6.07, 6.45) is 1.90. The van der Waals surface area contributed by atoms with E-state index in [4.69, 9.17) is 9.78 Å². The Morgan fingerprint density at radius 3 is 2.41 bits per heavy atom. The van der Waals surface area contributed by atoms with Gasteiger partial charge in [0.1, 0.15) is 0 Å². The highest BCUT2D eigenvalue weighted by atomic mass is 17.2. The van der Waals surface area contributed by atoms with Gasteiger partial charge in [0, 0.05) is 0 Å². The molecule has 0 aliphatic carbocycles. The first-order chi connectivity index (χ1) is 8.15. The second-order valence-electron chi connectivity index (χ2n) is 4.32. The van der Waals surface area contributed by atoms with Gasteiger partial charge in [0.05, 0.1) is 12.2 Å². The Morgan fingerprint density at radius 2 is 1.88 bits per heavy atom. The average Bonchev–Trinajstić information content (AvgIpc) is 2.34. The van der Waals surface area contributed by atoms with Crippen LogP contribution in [0, 0.1) is 0 Å². The van der Waals surface area contributed by atoms with Crippen LogP contribution in [0.3, 0.4) is 0 Å². The van der Waals surface area contributed by atoms with Crippen molar-refractivity contribution in [3.05, 3.63) is 35.4 Å². The zero-order chi connectivity index (χ0) is 12.7. The molecule has 0 fully saturated rings. The molecule has 0 amide bonds. The van der Waals surface area contributed by atoms with E-state index in [0.29, 0.717) is 18.1 Å². The summed E-state index contributed by atoms with van der Waals surface area (Å²) < 4.78 is 0. The topological polar surface area (TPSA) is 35.5 Å². The van der Waals surface area contributed by atoms with Crippen molar-refractivity contribution in [3.8, 4) is 0 Å². The molecule has 3 nitrogen and oxygen atoms in total. The second-order valence-corrected chi connectivity index (χ2v) is 4.32. The van der Waals surface area contributed by atoms with Crippen LogP contribution < -0.4 is 0 Å². The minimum Gasteiger partial charge on any atom is -0.293 e. The monoisotopic (exact) mass is 236 g/mol. The van der Waals surface area contributed by atoms with Gasteiger partial charge in [-0.25, -0.2) is 4.79 Å². The van der Waals surface area contributed by atoms with Gasteiger partial charge < -0.3 is 0 Å². The zero-order valence-electron chi connectivity index (χ0n) is 10.7. The van der Waals surface area contributed by atoms with Crippen molar-refractivity contribution in [2.45, 2.75) is 39.5 Å². The predicted octanol–water partition coefficient (Wildman–Crippen LogP) is 3.70. The third-order valence-electron chi connectivity index (χ3n) is 2.53. The molecule has 0 aliphatic heterocycles. The maximum absolute atomic E-state index is 11.5. The molecule has 94 valence electrons. The zero-order valence-corrected chi connectivity index (χ0v) is 10.7. The van der Waals surface area contributed by atoms with Crippen molar-refractivity contribution in [2.75, 3.05) is 6.61 Å². The fraction of sp³-hybridized carbons (Fsp3) is 0.500. The van der Waals surface area contributed by atoms with E-state index in [1.54, 1.807) is 12.1 Å². The molecule has 3 heteroatoms. The number of hydrogen-bond donors (Lipinski definition) is 0. The lowest BCUT2D eigenvalue weighted by Gasteiger charge is -2.06. The summed E-state index contributed by atoms with van der Waals surface area (Å²) in [6, 6.07) is 7.41. The molecule has 1 aromatic carbocycles. The minimum absolute atomic E-state index is 0.434. The van der Waals surface area contributed by atoms with Crippen molar-refractivity contribution < 1.29 is 14.6 Å². The molecule has 0 unspecified atom stereocenters. The van der Waals surface area contributed by atoms with E-state index in [-0.39, 0.29) is 0 Å². The number of benzene rings is 1. The fourth-order valence-corrected chi connectivity index (χ4v) is 1.35. The number of carbonyl (C=O) groups is 1. The van der Waals surface area contributed by atoms with Gasteiger partial charge >= 0.3 is 5.97 Å². The summed E-state index contributed by atoms with van der Waals surface area (Å²) in [7, 11) is 0. The van der Waals surface area contributed by atoms with Gasteiger partial charge in [-0.15, -0.1) is 0 Å². The Kier molecular flexibility index (Phi) is 5.70. The van der Waals surface area contributed by atoms with Crippen molar-refractivity contribution >= 4 is 5.97 Å². The molecule has 0 aliphatic rings. The summed E-state index contributed by atoms with van der Waals surface area (Å²) in [4.78, 5) is 21.1. The maximum Gasteiger partial charge on any atom is 0.373 e. The molecule has 0 spiro atoms. The van der Waals surface area contributed by atoms with E-state index in [9.17, 15) is 4.79 Å². The highest BCUT2D eigenvalue weighted by Gasteiger charge is 2.08. The Labute approximate surface area is 103 Å². The highest BCUT2D eigenvalue weighted by Crippen LogP contribution is 2.15. The standard InChI is InChI=1S/C14H20O3/c1-4-5-10-16-17-14(15)13-8-6-12(7-9-13)11(2)3/h6-9,11H,4-5,10H2,1-3H3. The van der Waals surface area contributed by atoms with E-state index < -0.39 is 5.97 Å². The third-order valence-corrected chi connectivity index (χ3v) is 2.53. The molecule has 17 heavy (non-hydrogen) atoms. The van der Waals surface area contributed by atoms with Crippen molar-refractivity contribution in [1.82, 2.24) is 0 Å². The Hall–Kier alpha value is -1.35. The molecule has 0 saturated carbocycles. The Balaban J connectivity index is 2.46. The normalized spacial score (nSPS) is 10.6. The summed E-state index contributed by atoms with van der Waals surface area (Å²) in [5.74, 6) is 0.0253. The van der Waals surface area contributed by atoms with Gasteiger partial charge in [-0.1, -0.05) is 39.3 Å². The van der Waals surface area contributed by atoms with Crippen LogP contribution in [0.1, 0.15) is 55.5 Å². The molecule has 0 radical (unpaired) electrons. The first kappa shape index (κ1) is 13.7. The van der Waals surface area contributed by atoms with Crippen LogP contribution in [0.25, 0.3) is 0 Å². The van der Waals surface area contributed by atoms with Gasteiger partial charge in [-0.2, -0.15) is 4.89 Å². The first-order valence-corrected chi connectivity index (χ1v) is 6.09. The SMILES string of the molecule is CCCCOOC(=O)c1ccc(C(C)C)cc1. The summed E-state index contributed by atoms with van der Waals surface area (Å²) >= 11 is 0. The second kappa shape index (κ2) is 7.07. The van der Waals surface area contributed by atoms with E-state index >= 15 is 0 Å². The Morgan fingerprint density at radius 1 is 1.24 bits per heavy atom. The van der Waals surface area contributed by atoms with Crippen LogP contribution in [-0.4, -0.2) is 12.6 Å². The molecular weight excluding hydrogens is 216 g/mol.